The van der Waals surface area contributed by atoms with Gasteiger partial charge in [-0.2, -0.15) is 0 Å². The van der Waals surface area contributed by atoms with Gasteiger partial charge in [-0.25, -0.2) is 9.18 Å². The standard InChI is InChI=1S/C14H11FN2O/c1-9-2-5-11(6-3-9)17-13-8-10(15)4-7-12(13)16-14(17)18/h2-8H,1H3,(H,16,18). The van der Waals surface area contributed by atoms with Crippen LogP contribution in [0.5, 0.6) is 0 Å². The molecule has 2 aromatic carbocycles. The summed E-state index contributed by atoms with van der Waals surface area (Å²) in [6.07, 6.45) is 0. The van der Waals surface area contributed by atoms with Crippen LogP contribution in [-0.2, 0) is 0 Å². The number of nitrogens with one attached hydrogen (secondary N) is 1. The molecule has 0 aliphatic rings. The summed E-state index contributed by atoms with van der Waals surface area (Å²) in [7, 11) is 0. The molecular weight excluding hydrogens is 231 g/mol. The number of hydrogen-bond donors (Lipinski definition) is 1. The second-order valence-corrected chi connectivity index (χ2v) is 4.26. The Morgan fingerprint density at radius 1 is 1.11 bits per heavy atom. The van der Waals surface area contributed by atoms with E-state index in [-0.39, 0.29) is 11.5 Å². The van der Waals surface area contributed by atoms with Gasteiger partial charge in [-0.15, -0.1) is 0 Å². The molecule has 90 valence electrons. The highest BCUT2D eigenvalue weighted by atomic mass is 19.1. The van der Waals surface area contributed by atoms with Crippen molar-refractivity contribution in [3.05, 3.63) is 64.3 Å². The van der Waals surface area contributed by atoms with Crippen LogP contribution in [0.2, 0.25) is 0 Å². The number of aryl methyl sites for hydroxylation is 1. The third-order valence-corrected chi connectivity index (χ3v) is 2.94. The van der Waals surface area contributed by atoms with E-state index in [0.717, 1.165) is 11.3 Å². The van der Waals surface area contributed by atoms with Gasteiger partial charge in [-0.1, -0.05) is 17.7 Å². The largest absolute Gasteiger partial charge is 0.331 e. The van der Waals surface area contributed by atoms with E-state index in [1.807, 2.05) is 31.2 Å². The lowest BCUT2D eigenvalue weighted by Gasteiger charge is -2.03. The number of imidazole rings is 1. The Morgan fingerprint density at radius 3 is 2.56 bits per heavy atom. The highest BCUT2D eigenvalue weighted by Crippen LogP contribution is 2.16. The SMILES string of the molecule is Cc1ccc(-n2c(=O)[nH]c3ccc(F)cc32)cc1. The predicted octanol–water partition coefficient (Wildman–Crippen LogP) is 2.77. The van der Waals surface area contributed by atoms with Gasteiger partial charge in [-0.3, -0.25) is 4.57 Å². The van der Waals surface area contributed by atoms with Crippen molar-refractivity contribution in [1.29, 1.82) is 0 Å². The van der Waals surface area contributed by atoms with Gasteiger partial charge in [0.2, 0.25) is 0 Å². The number of rotatable bonds is 1. The maximum absolute atomic E-state index is 13.3. The van der Waals surface area contributed by atoms with E-state index in [0.29, 0.717) is 11.0 Å². The Labute approximate surface area is 103 Å². The molecule has 18 heavy (non-hydrogen) atoms. The van der Waals surface area contributed by atoms with Gasteiger partial charge < -0.3 is 4.98 Å². The normalized spacial score (nSPS) is 11.0. The van der Waals surface area contributed by atoms with Crippen LogP contribution in [0.15, 0.2) is 47.3 Å². The lowest BCUT2D eigenvalue weighted by molar-refractivity contribution is 0.629. The molecule has 4 heteroatoms. The molecule has 0 amide bonds. The van der Waals surface area contributed by atoms with Crippen molar-refractivity contribution in [2.45, 2.75) is 6.92 Å². The topological polar surface area (TPSA) is 37.8 Å². The summed E-state index contributed by atoms with van der Waals surface area (Å²) >= 11 is 0. The number of aromatic nitrogens is 2. The first-order valence-corrected chi connectivity index (χ1v) is 5.62. The summed E-state index contributed by atoms with van der Waals surface area (Å²) in [5.74, 6) is -0.359. The highest BCUT2D eigenvalue weighted by molar-refractivity contribution is 5.77. The predicted molar refractivity (Wildman–Crippen MR) is 68.6 cm³/mol. The fourth-order valence-corrected chi connectivity index (χ4v) is 2.03. The minimum Gasteiger partial charge on any atom is -0.305 e. The summed E-state index contributed by atoms with van der Waals surface area (Å²) in [5, 5.41) is 0. The van der Waals surface area contributed by atoms with Crippen LogP contribution in [0.1, 0.15) is 5.56 Å². The zero-order valence-corrected chi connectivity index (χ0v) is 9.77. The van der Waals surface area contributed by atoms with Crippen molar-refractivity contribution in [1.82, 2.24) is 9.55 Å². The Bertz CT molecular complexity index is 769. The number of H-pyrrole nitrogens is 1. The highest BCUT2D eigenvalue weighted by Gasteiger charge is 2.09. The van der Waals surface area contributed by atoms with Crippen molar-refractivity contribution in [2.75, 3.05) is 0 Å². The fraction of sp³-hybridized carbons (Fsp3) is 0.0714. The number of aromatic amines is 1. The lowest BCUT2D eigenvalue weighted by atomic mass is 10.2. The van der Waals surface area contributed by atoms with E-state index in [9.17, 15) is 9.18 Å². The van der Waals surface area contributed by atoms with E-state index in [1.165, 1.54) is 16.7 Å². The van der Waals surface area contributed by atoms with Crippen LogP contribution < -0.4 is 5.69 Å². The van der Waals surface area contributed by atoms with Crippen molar-refractivity contribution in [3.63, 3.8) is 0 Å². The molecule has 3 rings (SSSR count). The second-order valence-electron chi connectivity index (χ2n) is 4.26. The van der Waals surface area contributed by atoms with Crippen LogP contribution in [0.3, 0.4) is 0 Å². The number of hydrogen-bond acceptors (Lipinski definition) is 1. The average Bonchev–Trinajstić information content (AvgIpc) is 2.66. The smallest absolute Gasteiger partial charge is 0.305 e. The van der Waals surface area contributed by atoms with Crippen molar-refractivity contribution >= 4 is 11.0 Å². The monoisotopic (exact) mass is 242 g/mol. The van der Waals surface area contributed by atoms with E-state index >= 15 is 0 Å². The molecule has 0 spiro atoms. The summed E-state index contributed by atoms with van der Waals surface area (Å²) in [6, 6.07) is 11.8. The van der Waals surface area contributed by atoms with E-state index in [4.69, 9.17) is 0 Å². The quantitative estimate of drug-likeness (QED) is 0.700. The molecule has 0 saturated carbocycles. The average molecular weight is 242 g/mol. The lowest BCUT2D eigenvalue weighted by Crippen LogP contribution is -2.14. The summed E-state index contributed by atoms with van der Waals surface area (Å²) in [4.78, 5) is 14.6. The molecule has 0 unspecified atom stereocenters. The molecule has 0 radical (unpaired) electrons. The summed E-state index contributed by atoms with van der Waals surface area (Å²) in [6.45, 7) is 1.97. The zero-order chi connectivity index (χ0) is 12.7. The van der Waals surface area contributed by atoms with Crippen LogP contribution in [-0.4, -0.2) is 9.55 Å². The fourth-order valence-electron chi connectivity index (χ4n) is 2.03. The van der Waals surface area contributed by atoms with Crippen molar-refractivity contribution in [3.8, 4) is 5.69 Å². The zero-order valence-electron chi connectivity index (χ0n) is 9.77. The molecule has 1 aromatic heterocycles. The van der Waals surface area contributed by atoms with Gasteiger partial charge in [0.15, 0.2) is 0 Å². The molecule has 0 saturated heterocycles. The molecule has 0 fully saturated rings. The van der Waals surface area contributed by atoms with E-state index in [1.54, 1.807) is 6.07 Å². The minimum atomic E-state index is -0.359. The van der Waals surface area contributed by atoms with Crippen LogP contribution in [0.4, 0.5) is 4.39 Å². The minimum absolute atomic E-state index is 0.264. The molecule has 0 aliphatic heterocycles. The number of nitrogens with zero attached hydrogens (tertiary/aromatic N) is 1. The van der Waals surface area contributed by atoms with Gasteiger partial charge in [0, 0.05) is 6.07 Å². The molecule has 0 bridgehead atoms. The first-order valence-electron chi connectivity index (χ1n) is 5.62. The van der Waals surface area contributed by atoms with Gasteiger partial charge in [0.1, 0.15) is 5.82 Å². The molecule has 3 nitrogen and oxygen atoms in total. The molecular formula is C14H11FN2O. The Kier molecular flexibility index (Phi) is 2.30. The molecule has 3 aromatic rings. The third kappa shape index (κ3) is 1.62. The molecule has 0 aliphatic carbocycles. The number of fused-ring (bicyclic) bond motifs is 1. The van der Waals surface area contributed by atoms with Gasteiger partial charge in [0.25, 0.3) is 0 Å². The Balaban J connectivity index is 2.34. The molecule has 1 heterocycles. The molecule has 0 atom stereocenters. The maximum atomic E-state index is 13.3. The summed E-state index contributed by atoms with van der Waals surface area (Å²) in [5.41, 5.74) is 2.74. The van der Waals surface area contributed by atoms with E-state index in [2.05, 4.69) is 4.98 Å². The third-order valence-electron chi connectivity index (χ3n) is 2.94. The number of halogens is 1. The summed E-state index contributed by atoms with van der Waals surface area (Å²) < 4.78 is 14.7. The Hall–Kier alpha value is -2.36. The first kappa shape index (κ1) is 10.8. The van der Waals surface area contributed by atoms with Crippen LogP contribution in [0.25, 0.3) is 16.7 Å². The molecule has 1 N–H and O–H groups in total. The maximum Gasteiger partial charge on any atom is 0.331 e. The first-order chi connectivity index (χ1) is 8.65. The van der Waals surface area contributed by atoms with Crippen molar-refractivity contribution < 1.29 is 4.39 Å². The van der Waals surface area contributed by atoms with Crippen LogP contribution >= 0.6 is 0 Å². The van der Waals surface area contributed by atoms with Crippen molar-refractivity contribution in [2.24, 2.45) is 0 Å². The second kappa shape index (κ2) is 3.84. The van der Waals surface area contributed by atoms with Crippen LogP contribution in [0, 0.1) is 12.7 Å². The number of benzene rings is 2. The Morgan fingerprint density at radius 2 is 1.83 bits per heavy atom. The van der Waals surface area contributed by atoms with Gasteiger partial charge >= 0.3 is 5.69 Å². The van der Waals surface area contributed by atoms with Gasteiger partial charge in [-0.05, 0) is 31.2 Å². The van der Waals surface area contributed by atoms with Gasteiger partial charge in [0.05, 0.1) is 16.7 Å². The van der Waals surface area contributed by atoms with E-state index < -0.39 is 0 Å².